The summed E-state index contributed by atoms with van der Waals surface area (Å²) >= 11 is 0. The molecule has 0 heterocycles. The van der Waals surface area contributed by atoms with Gasteiger partial charge in [0, 0.05) is 7.11 Å². The minimum Gasteiger partial charge on any atom is -0.390 e. The molecule has 1 N–H and O–H groups in total. The Morgan fingerprint density at radius 2 is 2.00 bits per heavy atom. The molecule has 0 amide bonds. The molecule has 0 aromatic heterocycles. The zero-order chi connectivity index (χ0) is 11.3. The maximum Gasteiger partial charge on any atom is 0.0936 e. The molecule has 1 atom stereocenters. The standard InChI is InChI=1S/C13H26O2/c1-4-5-6-12(14)13(15-3)9-7-11(2)8-10-13/h11-12,14H,4-10H2,1-3H3. The van der Waals surface area contributed by atoms with E-state index in [2.05, 4.69) is 13.8 Å². The first-order valence-corrected chi connectivity index (χ1v) is 6.38. The van der Waals surface area contributed by atoms with Gasteiger partial charge in [-0.25, -0.2) is 0 Å². The van der Waals surface area contributed by atoms with Crippen LogP contribution in [0.5, 0.6) is 0 Å². The van der Waals surface area contributed by atoms with E-state index in [1.54, 1.807) is 7.11 Å². The summed E-state index contributed by atoms with van der Waals surface area (Å²) in [4.78, 5) is 0. The van der Waals surface area contributed by atoms with Gasteiger partial charge in [0.1, 0.15) is 0 Å². The topological polar surface area (TPSA) is 29.5 Å². The van der Waals surface area contributed by atoms with Crippen LogP contribution in [0.15, 0.2) is 0 Å². The predicted molar refractivity (Wildman–Crippen MR) is 62.9 cm³/mol. The first-order valence-electron chi connectivity index (χ1n) is 6.38. The summed E-state index contributed by atoms with van der Waals surface area (Å²) in [6.45, 7) is 4.45. The van der Waals surface area contributed by atoms with Crippen molar-refractivity contribution in [2.75, 3.05) is 7.11 Å². The van der Waals surface area contributed by atoms with Gasteiger partial charge in [0.05, 0.1) is 11.7 Å². The molecule has 0 aromatic rings. The van der Waals surface area contributed by atoms with Crippen LogP contribution in [0.1, 0.15) is 58.8 Å². The molecule has 1 aliphatic carbocycles. The molecule has 0 spiro atoms. The van der Waals surface area contributed by atoms with E-state index in [-0.39, 0.29) is 11.7 Å². The minimum absolute atomic E-state index is 0.234. The molecule has 0 aliphatic heterocycles. The van der Waals surface area contributed by atoms with Crippen LogP contribution in [0.4, 0.5) is 0 Å². The Morgan fingerprint density at radius 3 is 2.47 bits per heavy atom. The van der Waals surface area contributed by atoms with Crippen molar-refractivity contribution >= 4 is 0 Å². The fourth-order valence-electron chi connectivity index (χ4n) is 2.58. The fraction of sp³-hybridized carbons (Fsp3) is 1.00. The Morgan fingerprint density at radius 1 is 1.40 bits per heavy atom. The van der Waals surface area contributed by atoms with Crippen molar-refractivity contribution in [3.63, 3.8) is 0 Å². The highest BCUT2D eigenvalue weighted by molar-refractivity contribution is 4.92. The van der Waals surface area contributed by atoms with Crippen molar-refractivity contribution in [1.82, 2.24) is 0 Å². The lowest BCUT2D eigenvalue weighted by molar-refractivity contribution is -0.130. The highest BCUT2D eigenvalue weighted by Crippen LogP contribution is 2.38. The van der Waals surface area contributed by atoms with E-state index >= 15 is 0 Å². The molecule has 2 heteroatoms. The summed E-state index contributed by atoms with van der Waals surface area (Å²) in [6.07, 6.45) is 7.29. The van der Waals surface area contributed by atoms with Crippen LogP contribution in [0, 0.1) is 5.92 Å². The normalized spacial score (nSPS) is 34.0. The van der Waals surface area contributed by atoms with E-state index in [1.165, 1.54) is 12.8 Å². The predicted octanol–water partition coefficient (Wildman–Crippen LogP) is 3.13. The Balaban J connectivity index is 2.51. The number of ether oxygens (including phenoxy) is 1. The maximum atomic E-state index is 10.2. The van der Waals surface area contributed by atoms with Gasteiger partial charge < -0.3 is 9.84 Å². The third-order valence-electron chi connectivity index (χ3n) is 3.97. The maximum absolute atomic E-state index is 10.2. The van der Waals surface area contributed by atoms with Crippen LogP contribution in [0.2, 0.25) is 0 Å². The van der Waals surface area contributed by atoms with Gasteiger partial charge in [0.2, 0.25) is 0 Å². The lowest BCUT2D eigenvalue weighted by atomic mass is 9.75. The molecule has 0 radical (unpaired) electrons. The van der Waals surface area contributed by atoms with Crippen molar-refractivity contribution in [2.45, 2.75) is 70.5 Å². The van der Waals surface area contributed by atoms with Gasteiger partial charge in [-0.15, -0.1) is 0 Å². The summed E-state index contributed by atoms with van der Waals surface area (Å²) in [5.74, 6) is 0.798. The Bertz CT molecular complexity index is 171. The zero-order valence-corrected chi connectivity index (χ0v) is 10.5. The highest BCUT2D eigenvalue weighted by Gasteiger charge is 2.40. The average Bonchev–Trinajstić information content (AvgIpc) is 2.27. The first-order chi connectivity index (χ1) is 7.14. The number of unbranched alkanes of at least 4 members (excludes halogenated alkanes) is 1. The lowest BCUT2D eigenvalue weighted by Crippen LogP contribution is -2.46. The van der Waals surface area contributed by atoms with Crippen molar-refractivity contribution in [3.8, 4) is 0 Å². The molecule has 1 rings (SSSR count). The molecule has 15 heavy (non-hydrogen) atoms. The largest absolute Gasteiger partial charge is 0.390 e. The molecular weight excluding hydrogens is 188 g/mol. The van der Waals surface area contributed by atoms with Crippen LogP contribution in [0.3, 0.4) is 0 Å². The molecule has 1 saturated carbocycles. The van der Waals surface area contributed by atoms with Crippen LogP contribution >= 0.6 is 0 Å². The summed E-state index contributed by atoms with van der Waals surface area (Å²) in [7, 11) is 1.76. The van der Waals surface area contributed by atoms with Crippen LogP contribution < -0.4 is 0 Å². The van der Waals surface area contributed by atoms with E-state index in [4.69, 9.17) is 4.74 Å². The van der Waals surface area contributed by atoms with Crippen LogP contribution in [-0.2, 0) is 4.74 Å². The van der Waals surface area contributed by atoms with Crippen LogP contribution in [0.25, 0.3) is 0 Å². The molecule has 0 saturated heterocycles. The lowest BCUT2D eigenvalue weighted by Gasteiger charge is -2.41. The molecule has 0 bridgehead atoms. The van der Waals surface area contributed by atoms with Gasteiger partial charge in [-0.1, -0.05) is 26.7 Å². The van der Waals surface area contributed by atoms with Gasteiger partial charge in [0.25, 0.3) is 0 Å². The number of aliphatic hydroxyl groups is 1. The molecule has 1 aliphatic rings. The molecule has 2 nitrogen and oxygen atoms in total. The second-order valence-corrected chi connectivity index (χ2v) is 5.11. The molecule has 0 aromatic carbocycles. The number of aliphatic hydroxyl groups excluding tert-OH is 1. The summed E-state index contributed by atoms with van der Waals surface area (Å²) < 4.78 is 5.64. The number of rotatable bonds is 5. The highest BCUT2D eigenvalue weighted by atomic mass is 16.5. The van der Waals surface area contributed by atoms with Gasteiger partial charge in [0.15, 0.2) is 0 Å². The molecule has 1 unspecified atom stereocenters. The number of methoxy groups -OCH3 is 1. The summed E-state index contributed by atoms with van der Waals surface area (Å²) in [6, 6.07) is 0. The van der Waals surface area contributed by atoms with Gasteiger partial charge >= 0.3 is 0 Å². The van der Waals surface area contributed by atoms with E-state index in [0.717, 1.165) is 38.0 Å². The quantitative estimate of drug-likeness (QED) is 0.762. The minimum atomic E-state index is -0.269. The van der Waals surface area contributed by atoms with E-state index < -0.39 is 0 Å². The SMILES string of the molecule is CCCCC(O)C1(OC)CCC(C)CC1. The summed E-state index contributed by atoms with van der Waals surface area (Å²) in [5.41, 5.74) is -0.234. The Hall–Kier alpha value is -0.0800. The van der Waals surface area contributed by atoms with Gasteiger partial charge in [-0.2, -0.15) is 0 Å². The number of hydrogen-bond donors (Lipinski definition) is 1. The second kappa shape index (κ2) is 5.86. The zero-order valence-electron chi connectivity index (χ0n) is 10.5. The van der Waals surface area contributed by atoms with Crippen LogP contribution in [-0.4, -0.2) is 23.9 Å². The van der Waals surface area contributed by atoms with Crippen molar-refractivity contribution in [1.29, 1.82) is 0 Å². The van der Waals surface area contributed by atoms with Crippen molar-refractivity contribution < 1.29 is 9.84 Å². The van der Waals surface area contributed by atoms with Crippen molar-refractivity contribution in [2.24, 2.45) is 5.92 Å². The molecule has 90 valence electrons. The first kappa shape index (κ1) is 13.0. The average molecular weight is 214 g/mol. The van der Waals surface area contributed by atoms with Crippen molar-refractivity contribution in [3.05, 3.63) is 0 Å². The monoisotopic (exact) mass is 214 g/mol. The molecule has 1 fully saturated rings. The van der Waals surface area contributed by atoms with Gasteiger partial charge in [-0.3, -0.25) is 0 Å². The smallest absolute Gasteiger partial charge is 0.0936 e. The second-order valence-electron chi connectivity index (χ2n) is 5.11. The van der Waals surface area contributed by atoms with E-state index in [1.807, 2.05) is 0 Å². The Labute approximate surface area is 94.0 Å². The van der Waals surface area contributed by atoms with Gasteiger partial charge in [-0.05, 0) is 38.0 Å². The summed E-state index contributed by atoms with van der Waals surface area (Å²) in [5, 5.41) is 10.2. The Kier molecular flexibility index (Phi) is 5.07. The third-order valence-corrected chi connectivity index (χ3v) is 3.97. The third kappa shape index (κ3) is 3.18. The molecular formula is C13H26O2. The number of hydrogen-bond acceptors (Lipinski definition) is 2. The van der Waals surface area contributed by atoms with E-state index in [9.17, 15) is 5.11 Å². The van der Waals surface area contributed by atoms with E-state index in [0.29, 0.717) is 0 Å². The fourth-order valence-corrected chi connectivity index (χ4v) is 2.58.